The van der Waals surface area contributed by atoms with Crippen molar-refractivity contribution in [3.05, 3.63) is 94.3 Å². The summed E-state index contributed by atoms with van der Waals surface area (Å²) < 4.78 is 19.1. The van der Waals surface area contributed by atoms with Crippen molar-refractivity contribution in [3.8, 4) is 5.75 Å². The van der Waals surface area contributed by atoms with Crippen LogP contribution in [-0.2, 0) is 24.3 Å². The number of hydrogen-bond donors (Lipinski definition) is 1. The highest BCUT2D eigenvalue weighted by molar-refractivity contribution is 6.30. The number of rotatable bonds is 6. The van der Waals surface area contributed by atoms with E-state index in [4.69, 9.17) is 16.3 Å². The zero-order chi connectivity index (χ0) is 24.4. The summed E-state index contributed by atoms with van der Waals surface area (Å²) >= 11 is 6.06. The molecule has 1 saturated heterocycles. The quantitative estimate of drug-likeness (QED) is 0.542. The molecule has 5 rings (SSSR count). The number of methoxy groups -OCH3 is 1. The number of carbonyl (C=O) groups is 1. The number of nitrogens with one attached hydrogen (secondary N) is 1. The van der Waals surface area contributed by atoms with Crippen LogP contribution in [0.15, 0.2) is 66.7 Å². The third-order valence-corrected chi connectivity index (χ3v) is 7.27. The Morgan fingerprint density at radius 3 is 2.69 bits per heavy atom. The molecule has 0 unspecified atom stereocenters. The van der Waals surface area contributed by atoms with Crippen LogP contribution in [0, 0.1) is 11.7 Å². The summed E-state index contributed by atoms with van der Waals surface area (Å²) in [6.45, 7) is 3.62. The number of benzene rings is 3. The van der Waals surface area contributed by atoms with E-state index >= 15 is 0 Å². The predicted octanol–water partition coefficient (Wildman–Crippen LogP) is 4.67. The molecule has 0 bridgehead atoms. The number of hydrogen-bond acceptors (Lipinski definition) is 4. The fourth-order valence-electron chi connectivity index (χ4n) is 5.22. The molecule has 35 heavy (non-hydrogen) atoms. The van der Waals surface area contributed by atoms with E-state index in [0.29, 0.717) is 13.0 Å². The molecule has 1 amide bonds. The molecular weight excluding hydrogens is 465 g/mol. The Bertz CT molecular complexity index is 1200. The number of amides is 1. The predicted molar refractivity (Wildman–Crippen MR) is 136 cm³/mol. The van der Waals surface area contributed by atoms with Gasteiger partial charge >= 0.3 is 0 Å². The lowest BCUT2D eigenvalue weighted by molar-refractivity contribution is -0.126. The average Bonchev–Trinajstić information content (AvgIpc) is 2.87. The van der Waals surface area contributed by atoms with Gasteiger partial charge in [0.25, 0.3) is 0 Å². The van der Waals surface area contributed by atoms with Crippen LogP contribution < -0.4 is 15.0 Å². The zero-order valence-electron chi connectivity index (χ0n) is 19.7. The van der Waals surface area contributed by atoms with Crippen molar-refractivity contribution in [2.24, 2.45) is 5.92 Å². The normalized spacial score (nSPS) is 19.6. The molecule has 0 aliphatic carbocycles. The molecule has 3 aromatic carbocycles. The topological polar surface area (TPSA) is 44.8 Å². The first-order valence-electron chi connectivity index (χ1n) is 11.9. The standard InChI is InChI=1S/C28H29ClFN3O2/c1-35-24-10-7-21-14-25(28(34)31-16-20-3-2-4-23(30)13-20)27-18-32(11-12-33(27)26(21)15-24)17-19-5-8-22(29)9-6-19/h2-10,13,15,25,27H,11-12,14,16-18H2,1H3,(H,31,34)/t25-,27+/m0/s1. The van der Waals surface area contributed by atoms with Gasteiger partial charge in [0.05, 0.1) is 19.1 Å². The molecule has 7 heteroatoms. The smallest absolute Gasteiger partial charge is 0.225 e. The molecule has 0 aromatic heterocycles. The van der Waals surface area contributed by atoms with Crippen molar-refractivity contribution in [2.45, 2.75) is 25.6 Å². The van der Waals surface area contributed by atoms with Gasteiger partial charge in [-0.15, -0.1) is 0 Å². The third kappa shape index (κ3) is 5.29. The Kier molecular flexibility index (Phi) is 6.93. The van der Waals surface area contributed by atoms with Crippen molar-refractivity contribution in [2.75, 3.05) is 31.6 Å². The summed E-state index contributed by atoms with van der Waals surface area (Å²) in [7, 11) is 1.68. The molecule has 0 spiro atoms. The van der Waals surface area contributed by atoms with Gasteiger partial charge in [-0.1, -0.05) is 41.9 Å². The first-order valence-corrected chi connectivity index (χ1v) is 12.3. The summed E-state index contributed by atoms with van der Waals surface area (Å²) in [4.78, 5) is 18.2. The monoisotopic (exact) mass is 493 g/mol. The van der Waals surface area contributed by atoms with Crippen molar-refractivity contribution < 1.29 is 13.9 Å². The van der Waals surface area contributed by atoms with Gasteiger partial charge in [-0.3, -0.25) is 9.69 Å². The number of ether oxygens (including phenoxy) is 1. The Balaban J connectivity index is 1.37. The maximum atomic E-state index is 13.6. The first-order chi connectivity index (χ1) is 17.0. The SMILES string of the molecule is COc1ccc2c(c1)N1CCN(Cc3ccc(Cl)cc3)C[C@@H]1[C@@H](C(=O)NCc1cccc(F)c1)C2. The fourth-order valence-corrected chi connectivity index (χ4v) is 5.35. The van der Waals surface area contributed by atoms with E-state index < -0.39 is 0 Å². The van der Waals surface area contributed by atoms with Crippen LogP contribution in [0.3, 0.4) is 0 Å². The molecule has 3 aromatic rings. The summed E-state index contributed by atoms with van der Waals surface area (Å²) in [6, 6.07) is 20.4. The lowest BCUT2D eigenvalue weighted by Crippen LogP contribution is -2.60. The fraction of sp³-hybridized carbons (Fsp3) is 0.321. The molecule has 0 radical (unpaired) electrons. The third-order valence-electron chi connectivity index (χ3n) is 7.02. The molecule has 5 nitrogen and oxygen atoms in total. The van der Waals surface area contributed by atoms with Gasteiger partial charge in [0.2, 0.25) is 5.91 Å². The molecule has 182 valence electrons. The minimum atomic E-state index is -0.298. The van der Waals surface area contributed by atoms with Crippen molar-refractivity contribution >= 4 is 23.2 Å². The van der Waals surface area contributed by atoms with Crippen LogP contribution in [0.4, 0.5) is 10.1 Å². The molecule has 2 atom stereocenters. The minimum Gasteiger partial charge on any atom is -0.497 e. The Labute approximate surface area is 210 Å². The molecule has 2 heterocycles. The number of nitrogens with zero attached hydrogens (tertiary/aromatic N) is 2. The summed E-state index contributed by atoms with van der Waals surface area (Å²) in [5, 5.41) is 3.79. The van der Waals surface area contributed by atoms with Gasteiger partial charge in [-0.2, -0.15) is 0 Å². The Morgan fingerprint density at radius 1 is 1.09 bits per heavy atom. The van der Waals surface area contributed by atoms with Crippen LogP contribution in [0.1, 0.15) is 16.7 Å². The van der Waals surface area contributed by atoms with E-state index in [1.165, 1.54) is 17.7 Å². The van der Waals surface area contributed by atoms with Crippen LogP contribution in [0.5, 0.6) is 5.75 Å². The van der Waals surface area contributed by atoms with Gasteiger partial charge in [0.15, 0.2) is 0 Å². The second-order valence-corrected chi connectivity index (χ2v) is 9.71. The second kappa shape index (κ2) is 10.3. The highest BCUT2D eigenvalue weighted by Crippen LogP contribution is 2.38. The zero-order valence-corrected chi connectivity index (χ0v) is 20.5. The number of carbonyl (C=O) groups excluding carboxylic acids is 1. The van der Waals surface area contributed by atoms with Crippen molar-refractivity contribution in [3.63, 3.8) is 0 Å². The molecule has 2 aliphatic rings. The van der Waals surface area contributed by atoms with E-state index in [2.05, 4.69) is 39.4 Å². The van der Waals surface area contributed by atoms with Gasteiger partial charge in [-0.25, -0.2) is 4.39 Å². The van der Waals surface area contributed by atoms with Crippen LogP contribution in [0.2, 0.25) is 5.02 Å². The minimum absolute atomic E-state index is 0.000859. The Morgan fingerprint density at radius 2 is 1.91 bits per heavy atom. The maximum Gasteiger partial charge on any atom is 0.225 e. The van der Waals surface area contributed by atoms with Gasteiger partial charge in [0, 0.05) is 49.5 Å². The number of piperazine rings is 1. The molecule has 1 N–H and O–H groups in total. The van der Waals surface area contributed by atoms with Crippen molar-refractivity contribution in [1.29, 1.82) is 0 Å². The molecule has 0 saturated carbocycles. The largest absolute Gasteiger partial charge is 0.497 e. The summed E-state index contributed by atoms with van der Waals surface area (Å²) in [5.41, 5.74) is 4.26. The molecular formula is C28H29ClFN3O2. The lowest BCUT2D eigenvalue weighted by atomic mass is 9.83. The van der Waals surface area contributed by atoms with Gasteiger partial charge in [-0.05, 0) is 53.4 Å². The first kappa shape index (κ1) is 23.6. The van der Waals surface area contributed by atoms with E-state index in [1.807, 2.05) is 24.3 Å². The van der Waals surface area contributed by atoms with Crippen LogP contribution >= 0.6 is 11.6 Å². The summed E-state index contributed by atoms with van der Waals surface area (Å²) in [5.74, 6) is 0.310. The van der Waals surface area contributed by atoms with E-state index in [0.717, 1.165) is 53.8 Å². The number of anilines is 1. The number of fused-ring (bicyclic) bond motifs is 3. The van der Waals surface area contributed by atoms with Crippen LogP contribution in [0.25, 0.3) is 0 Å². The average molecular weight is 494 g/mol. The highest BCUT2D eigenvalue weighted by atomic mass is 35.5. The Hall–Kier alpha value is -3.09. The van der Waals surface area contributed by atoms with Gasteiger partial charge in [0.1, 0.15) is 11.6 Å². The van der Waals surface area contributed by atoms with Crippen molar-refractivity contribution in [1.82, 2.24) is 10.2 Å². The lowest BCUT2D eigenvalue weighted by Gasteiger charge is -2.49. The maximum absolute atomic E-state index is 13.6. The van der Waals surface area contributed by atoms with E-state index in [9.17, 15) is 9.18 Å². The second-order valence-electron chi connectivity index (χ2n) is 9.28. The molecule has 2 aliphatic heterocycles. The molecule has 1 fully saturated rings. The number of halogens is 2. The highest BCUT2D eigenvalue weighted by Gasteiger charge is 2.41. The van der Waals surface area contributed by atoms with E-state index in [1.54, 1.807) is 13.2 Å². The van der Waals surface area contributed by atoms with E-state index in [-0.39, 0.29) is 23.7 Å². The summed E-state index contributed by atoms with van der Waals surface area (Å²) in [6.07, 6.45) is 0.657. The van der Waals surface area contributed by atoms with Gasteiger partial charge < -0.3 is 15.0 Å². The van der Waals surface area contributed by atoms with Crippen LogP contribution in [-0.4, -0.2) is 43.6 Å².